The summed E-state index contributed by atoms with van der Waals surface area (Å²) in [5.41, 5.74) is 3.87. The van der Waals surface area contributed by atoms with Gasteiger partial charge in [0.1, 0.15) is 11.5 Å². The molecule has 0 aliphatic carbocycles. The van der Waals surface area contributed by atoms with Crippen LogP contribution in [-0.2, 0) is 14.3 Å². The molecular weight excluding hydrogens is 651 g/mol. The normalized spacial score (nSPS) is 12.1. The van der Waals surface area contributed by atoms with Gasteiger partial charge in [0.2, 0.25) is 0 Å². The van der Waals surface area contributed by atoms with Crippen molar-refractivity contribution in [2.75, 3.05) is 13.2 Å². The quantitative estimate of drug-likeness (QED) is 0.0697. The molecule has 0 spiro atoms. The molecule has 0 N–H and O–H groups in total. The molecule has 0 saturated heterocycles. The van der Waals surface area contributed by atoms with Gasteiger partial charge in [-0.15, -0.1) is 0 Å². The lowest BCUT2D eigenvalue weighted by molar-refractivity contribution is -0.154. The molecule has 0 heterocycles. The summed E-state index contributed by atoms with van der Waals surface area (Å²) in [5.74, 6) is -0.582. The van der Waals surface area contributed by atoms with E-state index in [0.717, 1.165) is 42.4 Å². The smallest absolute Gasteiger partial charge is 0.347 e. The van der Waals surface area contributed by atoms with Gasteiger partial charge in [0.05, 0.1) is 34.4 Å². The lowest BCUT2D eigenvalue weighted by atomic mass is 10.0. The van der Waals surface area contributed by atoms with Crippen LogP contribution in [0.1, 0.15) is 74.1 Å². The van der Waals surface area contributed by atoms with Crippen molar-refractivity contribution in [3.63, 3.8) is 0 Å². The van der Waals surface area contributed by atoms with Crippen molar-refractivity contribution in [2.24, 2.45) is 5.92 Å². The van der Waals surface area contributed by atoms with Crippen molar-refractivity contribution in [3.8, 4) is 33.8 Å². The lowest BCUT2D eigenvalue weighted by Gasteiger charge is -2.15. The number of rotatable bonds is 15. The Balaban J connectivity index is 1.33. The Morgan fingerprint density at radius 3 is 1.98 bits per heavy atom. The first-order valence-electron chi connectivity index (χ1n) is 16.1. The minimum atomic E-state index is -1.03. The summed E-state index contributed by atoms with van der Waals surface area (Å²) < 4.78 is 21.9. The average molecular weight is 692 g/mol. The van der Waals surface area contributed by atoms with Gasteiger partial charge in [-0.3, -0.25) is 0 Å². The zero-order valence-electron chi connectivity index (χ0n) is 27.6. The molecule has 9 heteroatoms. The van der Waals surface area contributed by atoms with Crippen LogP contribution < -0.4 is 9.47 Å². The van der Waals surface area contributed by atoms with Gasteiger partial charge < -0.3 is 18.9 Å². The molecule has 0 radical (unpaired) electrons. The second-order valence-corrected chi connectivity index (χ2v) is 12.4. The van der Waals surface area contributed by atoms with Gasteiger partial charge in [0, 0.05) is 11.6 Å². The number of unbranched alkanes of at least 4 members (excludes halogenated alkanes) is 2. The van der Waals surface area contributed by atoms with E-state index in [4.69, 9.17) is 42.1 Å². The van der Waals surface area contributed by atoms with Crippen molar-refractivity contribution in [1.29, 1.82) is 0 Å². The first-order valence-corrected chi connectivity index (χ1v) is 16.9. The number of hydrogen-bond acceptors (Lipinski definition) is 7. The van der Waals surface area contributed by atoms with Crippen molar-refractivity contribution in [2.45, 2.75) is 59.5 Å². The minimum Gasteiger partial charge on any atom is -0.492 e. The highest BCUT2D eigenvalue weighted by Crippen LogP contribution is 2.33. The summed E-state index contributed by atoms with van der Waals surface area (Å²) in [6.45, 7) is 8.51. The van der Waals surface area contributed by atoms with Crippen LogP contribution >= 0.6 is 23.2 Å². The van der Waals surface area contributed by atoms with Crippen molar-refractivity contribution in [1.82, 2.24) is 0 Å². The Kier molecular flexibility index (Phi) is 13.5. The topological polar surface area (TPSA) is 88.1 Å². The predicted octanol–water partition coefficient (Wildman–Crippen LogP) is 10.3. The van der Waals surface area contributed by atoms with Gasteiger partial charge in [-0.25, -0.2) is 14.4 Å². The third kappa shape index (κ3) is 10.1. The van der Waals surface area contributed by atoms with Crippen LogP contribution in [-0.4, -0.2) is 37.2 Å². The van der Waals surface area contributed by atoms with Crippen LogP contribution in [0.2, 0.25) is 10.0 Å². The fourth-order valence-electron chi connectivity index (χ4n) is 4.61. The van der Waals surface area contributed by atoms with Crippen molar-refractivity contribution >= 4 is 41.1 Å². The van der Waals surface area contributed by atoms with Gasteiger partial charge in [-0.05, 0) is 84.5 Å². The average Bonchev–Trinajstić information content (AvgIpc) is 3.09. The van der Waals surface area contributed by atoms with E-state index >= 15 is 0 Å². The fourth-order valence-corrected chi connectivity index (χ4v) is 5.13. The van der Waals surface area contributed by atoms with E-state index in [1.807, 2.05) is 44.2 Å². The van der Waals surface area contributed by atoms with E-state index in [2.05, 4.69) is 6.92 Å². The van der Waals surface area contributed by atoms with Crippen LogP contribution in [0, 0.1) is 5.92 Å². The van der Waals surface area contributed by atoms with Crippen LogP contribution in [0.5, 0.6) is 11.5 Å². The highest BCUT2D eigenvalue weighted by Gasteiger charge is 2.21. The number of halogens is 2. The lowest BCUT2D eigenvalue weighted by Crippen LogP contribution is -2.27. The first kappa shape index (κ1) is 36.5. The summed E-state index contributed by atoms with van der Waals surface area (Å²) in [4.78, 5) is 37.6. The van der Waals surface area contributed by atoms with Crippen molar-refractivity contribution in [3.05, 3.63) is 106 Å². The standard InChI is InChI=1S/C39H40Cl2O7/c1-5-7-8-21-45-36-20-17-31(22-35(36)41)27-9-13-30(14-10-27)39(44)48-32-18-19-33(34(40)23-32)28-11-15-29(16-12-28)38(43)47-26(4)37(42)46-24-25(3)6-2/h9-20,22-23,25-26H,5-8,21,24H2,1-4H3/t25-,26-/m0/s1. The first-order chi connectivity index (χ1) is 23.1. The SMILES string of the molecule is CCCCCOc1ccc(-c2ccc(C(=O)Oc3ccc(-c4ccc(C(=O)O[C@@H](C)C(=O)OC[C@@H](C)CC)cc4)c(Cl)c3)cc2)cc1Cl. The van der Waals surface area contributed by atoms with Gasteiger partial charge >= 0.3 is 17.9 Å². The maximum atomic E-state index is 12.9. The van der Waals surface area contributed by atoms with Crippen LogP contribution in [0.3, 0.4) is 0 Å². The van der Waals surface area contributed by atoms with Gasteiger partial charge in [-0.2, -0.15) is 0 Å². The molecule has 0 saturated carbocycles. The molecule has 0 aliphatic heterocycles. The molecule has 0 aromatic heterocycles. The van der Waals surface area contributed by atoms with Gasteiger partial charge in [-0.1, -0.05) is 93.6 Å². The molecule has 0 fully saturated rings. The Morgan fingerprint density at radius 2 is 1.35 bits per heavy atom. The van der Waals surface area contributed by atoms with Crippen LogP contribution in [0.15, 0.2) is 84.9 Å². The summed E-state index contributed by atoms with van der Waals surface area (Å²) in [7, 11) is 0. The molecule has 0 amide bonds. The molecule has 0 bridgehead atoms. The number of ether oxygens (including phenoxy) is 4. The molecule has 252 valence electrons. The van der Waals surface area contributed by atoms with Crippen molar-refractivity contribution < 1.29 is 33.3 Å². The maximum Gasteiger partial charge on any atom is 0.347 e. The van der Waals surface area contributed by atoms with Crippen LogP contribution in [0.25, 0.3) is 22.3 Å². The number of hydrogen-bond donors (Lipinski definition) is 0. The minimum absolute atomic E-state index is 0.228. The molecule has 4 aromatic rings. The summed E-state index contributed by atoms with van der Waals surface area (Å²) in [6, 6.07) is 24.3. The van der Waals surface area contributed by atoms with Gasteiger partial charge in [0.25, 0.3) is 0 Å². The number of carbonyl (C=O) groups excluding carboxylic acids is 3. The summed E-state index contributed by atoms with van der Waals surface area (Å²) >= 11 is 13.0. The number of benzene rings is 4. The third-order valence-electron chi connectivity index (χ3n) is 7.80. The zero-order valence-corrected chi connectivity index (χ0v) is 29.1. The number of carbonyl (C=O) groups is 3. The second-order valence-electron chi connectivity index (χ2n) is 11.6. The molecule has 48 heavy (non-hydrogen) atoms. The Hall–Kier alpha value is -4.33. The van der Waals surface area contributed by atoms with E-state index in [-0.39, 0.29) is 23.8 Å². The molecule has 0 aliphatic rings. The molecular formula is C39H40Cl2O7. The fraction of sp³-hybridized carbons (Fsp3) is 0.308. The third-order valence-corrected chi connectivity index (χ3v) is 8.40. The van der Waals surface area contributed by atoms with Crippen LogP contribution in [0.4, 0.5) is 0 Å². The second kappa shape index (κ2) is 17.7. The zero-order chi connectivity index (χ0) is 34.6. The van der Waals surface area contributed by atoms with Gasteiger partial charge in [0.15, 0.2) is 6.10 Å². The Labute approximate surface area is 292 Å². The highest BCUT2D eigenvalue weighted by molar-refractivity contribution is 6.33. The molecule has 0 unspecified atom stereocenters. The highest BCUT2D eigenvalue weighted by atomic mass is 35.5. The molecule has 2 atom stereocenters. The van der Waals surface area contributed by atoms with E-state index < -0.39 is 24.0 Å². The molecule has 7 nitrogen and oxygen atoms in total. The molecule has 4 rings (SSSR count). The van der Waals surface area contributed by atoms with E-state index in [1.54, 1.807) is 54.6 Å². The maximum absolute atomic E-state index is 12.9. The summed E-state index contributed by atoms with van der Waals surface area (Å²) in [5, 5.41) is 0.894. The van der Waals surface area contributed by atoms with E-state index in [0.29, 0.717) is 33.5 Å². The Bertz CT molecular complexity index is 1700. The Morgan fingerprint density at radius 1 is 0.708 bits per heavy atom. The summed E-state index contributed by atoms with van der Waals surface area (Å²) in [6.07, 6.45) is 3.07. The largest absolute Gasteiger partial charge is 0.492 e. The predicted molar refractivity (Wildman–Crippen MR) is 189 cm³/mol. The number of esters is 3. The van der Waals surface area contributed by atoms with E-state index in [1.165, 1.54) is 6.92 Å². The van der Waals surface area contributed by atoms with E-state index in [9.17, 15) is 14.4 Å². The monoisotopic (exact) mass is 690 g/mol. The molecule has 4 aromatic carbocycles.